The molecule has 0 aromatic heterocycles. The van der Waals surface area contributed by atoms with Gasteiger partial charge in [-0.05, 0) is 81.1 Å². The first-order valence-electron chi connectivity index (χ1n) is 9.54. The van der Waals surface area contributed by atoms with Crippen molar-refractivity contribution < 1.29 is 17.9 Å². The third kappa shape index (κ3) is 6.22. The van der Waals surface area contributed by atoms with Gasteiger partial charge in [-0.3, -0.25) is 9.10 Å². The zero-order valence-electron chi connectivity index (χ0n) is 17.9. The van der Waals surface area contributed by atoms with Crippen molar-refractivity contribution in [3.8, 4) is 5.75 Å². The van der Waals surface area contributed by atoms with Crippen molar-refractivity contribution >= 4 is 21.6 Å². The first kappa shape index (κ1) is 22.7. The molecule has 0 aliphatic carbocycles. The number of hydrogen-bond donors (Lipinski definition) is 1. The number of carbonyl (C=O) groups excluding carboxylic acids is 1. The number of benzene rings is 2. The van der Waals surface area contributed by atoms with E-state index < -0.39 is 16.1 Å². The summed E-state index contributed by atoms with van der Waals surface area (Å²) in [5, 5.41) is 2.76. The lowest BCUT2D eigenvalue weighted by atomic mass is 10.1. The molecule has 0 unspecified atom stereocenters. The number of sulfonamides is 1. The van der Waals surface area contributed by atoms with Gasteiger partial charge in [-0.25, -0.2) is 8.42 Å². The maximum atomic E-state index is 12.6. The molecule has 0 fully saturated rings. The Balaban J connectivity index is 2.02. The highest BCUT2D eigenvalue weighted by Gasteiger charge is 2.29. The molecule has 2 rings (SSSR count). The number of aryl methyl sites for hydroxylation is 4. The van der Waals surface area contributed by atoms with Crippen LogP contribution in [-0.4, -0.2) is 39.8 Å². The Morgan fingerprint density at radius 1 is 1.03 bits per heavy atom. The maximum absolute atomic E-state index is 12.6. The van der Waals surface area contributed by atoms with Crippen LogP contribution in [-0.2, 0) is 14.8 Å². The molecule has 29 heavy (non-hydrogen) atoms. The number of anilines is 1. The van der Waals surface area contributed by atoms with E-state index in [4.69, 9.17) is 4.74 Å². The van der Waals surface area contributed by atoms with Crippen molar-refractivity contribution in [2.24, 2.45) is 0 Å². The summed E-state index contributed by atoms with van der Waals surface area (Å²) in [6.45, 7) is 10.0. The highest BCUT2D eigenvalue weighted by molar-refractivity contribution is 7.92. The van der Waals surface area contributed by atoms with E-state index in [0.717, 1.165) is 38.6 Å². The van der Waals surface area contributed by atoms with Gasteiger partial charge in [-0.2, -0.15) is 0 Å². The Bertz CT molecular complexity index is 966. The lowest BCUT2D eigenvalue weighted by molar-refractivity contribution is -0.121. The molecule has 0 spiro atoms. The normalized spacial score (nSPS) is 12.3. The van der Waals surface area contributed by atoms with Gasteiger partial charge in [0.25, 0.3) is 0 Å². The fraction of sp³-hybridized carbons (Fsp3) is 0.409. The van der Waals surface area contributed by atoms with Gasteiger partial charge in [-0.1, -0.05) is 12.1 Å². The Labute approximate surface area is 173 Å². The van der Waals surface area contributed by atoms with E-state index in [1.165, 1.54) is 0 Å². The molecule has 0 bridgehead atoms. The third-order valence-electron chi connectivity index (χ3n) is 4.70. The van der Waals surface area contributed by atoms with E-state index in [1.807, 2.05) is 45.9 Å². The molecule has 6 nitrogen and oxygen atoms in total. The van der Waals surface area contributed by atoms with Crippen LogP contribution in [0.2, 0.25) is 0 Å². The molecule has 2 aromatic carbocycles. The molecule has 1 atom stereocenters. The second-order valence-electron chi connectivity index (χ2n) is 7.47. The van der Waals surface area contributed by atoms with Crippen LogP contribution in [0, 0.1) is 27.7 Å². The third-order valence-corrected chi connectivity index (χ3v) is 5.94. The number of hydrogen-bond acceptors (Lipinski definition) is 4. The number of nitrogens with zero attached hydrogens (tertiary/aromatic N) is 1. The minimum absolute atomic E-state index is 0.278. The highest BCUT2D eigenvalue weighted by atomic mass is 32.2. The monoisotopic (exact) mass is 418 g/mol. The van der Waals surface area contributed by atoms with Crippen LogP contribution in [0.4, 0.5) is 5.69 Å². The number of amides is 1. The second kappa shape index (κ2) is 9.31. The second-order valence-corrected chi connectivity index (χ2v) is 9.33. The SMILES string of the molecule is Cc1cc(C)cc(OCCNC(=O)[C@H](C)N(c2ccc(C)c(C)c2)S(C)(=O)=O)c1. The Hall–Kier alpha value is -2.54. The summed E-state index contributed by atoms with van der Waals surface area (Å²) in [4.78, 5) is 12.6. The van der Waals surface area contributed by atoms with Crippen LogP contribution in [0.5, 0.6) is 5.75 Å². The van der Waals surface area contributed by atoms with Crippen molar-refractivity contribution in [3.63, 3.8) is 0 Å². The maximum Gasteiger partial charge on any atom is 0.243 e. The van der Waals surface area contributed by atoms with E-state index in [-0.39, 0.29) is 12.5 Å². The van der Waals surface area contributed by atoms with Crippen molar-refractivity contribution in [3.05, 3.63) is 58.7 Å². The van der Waals surface area contributed by atoms with E-state index >= 15 is 0 Å². The molecule has 2 aromatic rings. The van der Waals surface area contributed by atoms with Crippen LogP contribution in [0.15, 0.2) is 36.4 Å². The topological polar surface area (TPSA) is 75.7 Å². The van der Waals surface area contributed by atoms with Crippen molar-refractivity contribution in [2.75, 3.05) is 23.7 Å². The lowest BCUT2D eigenvalue weighted by Crippen LogP contribution is -2.48. The van der Waals surface area contributed by atoms with Gasteiger partial charge >= 0.3 is 0 Å². The summed E-state index contributed by atoms with van der Waals surface area (Å²) in [5.74, 6) is 0.371. The number of ether oxygens (including phenoxy) is 1. The number of carbonyl (C=O) groups is 1. The molecule has 0 saturated carbocycles. The minimum atomic E-state index is -3.63. The van der Waals surface area contributed by atoms with Crippen LogP contribution in [0.25, 0.3) is 0 Å². The lowest BCUT2D eigenvalue weighted by Gasteiger charge is -2.28. The summed E-state index contributed by atoms with van der Waals surface area (Å²) < 4.78 is 31.6. The zero-order chi connectivity index (χ0) is 21.8. The first-order chi connectivity index (χ1) is 13.5. The molecule has 0 saturated heterocycles. The minimum Gasteiger partial charge on any atom is -0.492 e. The average molecular weight is 419 g/mol. The van der Waals surface area contributed by atoms with E-state index in [9.17, 15) is 13.2 Å². The van der Waals surface area contributed by atoms with Gasteiger partial charge in [-0.15, -0.1) is 0 Å². The molecule has 1 N–H and O–H groups in total. The standard InChI is InChI=1S/C22H30N2O4S/c1-15-11-16(2)13-21(12-15)28-10-9-23-22(25)19(5)24(29(6,26)27)20-8-7-17(3)18(4)14-20/h7-8,11-14,19H,9-10H2,1-6H3,(H,23,25)/t19-/m0/s1. The predicted octanol–water partition coefficient (Wildman–Crippen LogP) is 3.27. The molecule has 158 valence electrons. The van der Waals surface area contributed by atoms with Gasteiger partial charge in [0.1, 0.15) is 18.4 Å². The molecule has 0 aliphatic heterocycles. The summed E-state index contributed by atoms with van der Waals surface area (Å²) in [7, 11) is -3.63. The molecule has 7 heteroatoms. The summed E-state index contributed by atoms with van der Waals surface area (Å²) >= 11 is 0. The summed E-state index contributed by atoms with van der Waals surface area (Å²) in [6.07, 6.45) is 1.11. The van der Waals surface area contributed by atoms with E-state index in [1.54, 1.807) is 19.1 Å². The van der Waals surface area contributed by atoms with Gasteiger partial charge in [0, 0.05) is 0 Å². The van der Waals surface area contributed by atoms with Crippen molar-refractivity contribution in [2.45, 2.75) is 40.7 Å². The predicted molar refractivity (Wildman–Crippen MR) is 117 cm³/mol. The smallest absolute Gasteiger partial charge is 0.243 e. The van der Waals surface area contributed by atoms with Gasteiger partial charge in [0.05, 0.1) is 18.5 Å². The fourth-order valence-electron chi connectivity index (χ4n) is 3.18. The zero-order valence-corrected chi connectivity index (χ0v) is 18.8. The average Bonchev–Trinajstić information content (AvgIpc) is 2.59. The van der Waals surface area contributed by atoms with Crippen molar-refractivity contribution in [1.82, 2.24) is 5.32 Å². The molecule has 1 amide bonds. The summed E-state index contributed by atoms with van der Waals surface area (Å²) in [6, 6.07) is 10.4. The van der Waals surface area contributed by atoms with E-state index in [2.05, 4.69) is 11.4 Å². The van der Waals surface area contributed by atoms with Gasteiger partial charge in [0.15, 0.2) is 0 Å². The number of rotatable bonds is 8. The molecular formula is C22H30N2O4S. The first-order valence-corrected chi connectivity index (χ1v) is 11.4. The molecule has 0 radical (unpaired) electrons. The van der Waals surface area contributed by atoms with Crippen LogP contribution < -0.4 is 14.4 Å². The fourth-order valence-corrected chi connectivity index (χ4v) is 4.35. The van der Waals surface area contributed by atoms with Gasteiger partial charge in [0.2, 0.25) is 15.9 Å². The largest absolute Gasteiger partial charge is 0.492 e. The highest BCUT2D eigenvalue weighted by Crippen LogP contribution is 2.23. The Morgan fingerprint density at radius 2 is 1.66 bits per heavy atom. The van der Waals surface area contributed by atoms with Crippen LogP contribution in [0.1, 0.15) is 29.2 Å². The van der Waals surface area contributed by atoms with Crippen LogP contribution in [0.3, 0.4) is 0 Å². The molecule has 0 heterocycles. The molecular weight excluding hydrogens is 388 g/mol. The number of nitrogens with one attached hydrogen (secondary N) is 1. The van der Waals surface area contributed by atoms with E-state index in [0.29, 0.717) is 12.3 Å². The van der Waals surface area contributed by atoms with Crippen molar-refractivity contribution in [1.29, 1.82) is 0 Å². The Morgan fingerprint density at radius 3 is 2.21 bits per heavy atom. The Kier molecular flexibility index (Phi) is 7.30. The van der Waals surface area contributed by atoms with Gasteiger partial charge < -0.3 is 10.1 Å². The van der Waals surface area contributed by atoms with Crippen LogP contribution >= 0.6 is 0 Å². The molecule has 0 aliphatic rings. The summed E-state index contributed by atoms with van der Waals surface area (Å²) in [5.41, 5.74) is 4.71. The quantitative estimate of drug-likeness (QED) is 0.668.